The van der Waals surface area contributed by atoms with E-state index in [1.54, 1.807) is 23.5 Å². The fourth-order valence-corrected chi connectivity index (χ4v) is 9.35. The van der Waals surface area contributed by atoms with Gasteiger partial charge in [-0.15, -0.1) is 11.3 Å². The quantitative estimate of drug-likeness (QED) is 0.203. The fourth-order valence-electron chi connectivity index (χ4n) is 6.90. The van der Waals surface area contributed by atoms with Crippen LogP contribution in [0.4, 0.5) is 5.69 Å². The third-order valence-corrected chi connectivity index (χ3v) is 11.9. The molecule has 4 heterocycles. The zero-order chi connectivity index (χ0) is 30.0. The van der Waals surface area contributed by atoms with E-state index >= 15 is 0 Å². The van der Waals surface area contributed by atoms with Crippen LogP contribution in [-0.2, 0) is 16.4 Å². The lowest BCUT2D eigenvalue weighted by Gasteiger charge is -2.19. The Morgan fingerprint density at radius 2 is 1.73 bits per heavy atom. The van der Waals surface area contributed by atoms with Crippen LogP contribution >= 0.6 is 11.3 Å². The molecule has 0 aliphatic carbocycles. The summed E-state index contributed by atoms with van der Waals surface area (Å²) in [5.41, 5.74) is 8.70. The largest absolute Gasteiger partial charge is 0.384 e. The third-order valence-electron chi connectivity index (χ3n) is 9.06. The van der Waals surface area contributed by atoms with Gasteiger partial charge >= 0.3 is 0 Å². The molecule has 2 N–H and O–H groups in total. The van der Waals surface area contributed by atoms with Gasteiger partial charge in [0.1, 0.15) is 0 Å². The van der Waals surface area contributed by atoms with Crippen LogP contribution in [0, 0.1) is 13.8 Å². The van der Waals surface area contributed by atoms with Crippen LogP contribution in [0.1, 0.15) is 51.5 Å². The van der Waals surface area contributed by atoms with Crippen molar-refractivity contribution >= 4 is 58.9 Å². The van der Waals surface area contributed by atoms with E-state index in [9.17, 15) is 8.42 Å². The van der Waals surface area contributed by atoms with E-state index in [2.05, 4.69) is 78.0 Å². The van der Waals surface area contributed by atoms with E-state index in [1.165, 1.54) is 41.0 Å². The van der Waals surface area contributed by atoms with Crippen molar-refractivity contribution in [1.29, 1.82) is 0 Å². The van der Waals surface area contributed by atoms with Gasteiger partial charge in [0.05, 0.1) is 10.4 Å². The summed E-state index contributed by atoms with van der Waals surface area (Å²) in [6.45, 7) is 4.92. The van der Waals surface area contributed by atoms with Crippen LogP contribution in [0.25, 0.3) is 31.9 Å². The molecule has 0 saturated heterocycles. The number of anilines is 1. The highest BCUT2D eigenvalue weighted by atomic mass is 32.2. The molecule has 0 radical (unpaired) electrons. The van der Waals surface area contributed by atoms with Crippen molar-refractivity contribution in [2.45, 2.75) is 43.9 Å². The highest BCUT2D eigenvalue weighted by Crippen LogP contribution is 2.45. The minimum atomic E-state index is -3.82. The number of hydrogen-bond donors (Lipinski definition) is 2. The van der Waals surface area contributed by atoms with E-state index in [4.69, 9.17) is 0 Å². The van der Waals surface area contributed by atoms with Crippen LogP contribution in [0.3, 0.4) is 0 Å². The molecule has 4 aromatic carbocycles. The second kappa shape index (κ2) is 10.4. The number of benzene rings is 4. The molecule has 0 amide bonds. The Kier molecular flexibility index (Phi) is 6.43. The monoisotopic (exact) mass is 615 g/mol. The highest BCUT2D eigenvalue weighted by molar-refractivity contribution is 7.90. The van der Waals surface area contributed by atoms with Gasteiger partial charge in [-0.1, -0.05) is 59.7 Å². The first-order chi connectivity index (χ1) is 21.4. The summed E-state index contributed by atoms with van der Waals surface area (Å²) in [6.07, 6.45) is 6.71. The molecule has 44 heavy (non-hydrogen) atoms. The minimum absolute atomic E-state index is 0.192. The normalized spacial score (nSPS) is 15.5. The topological polar surface area (TPSA) is 66.9 Å². The Morgan fingerprint density at radius 1 is 0.909 bits per heavy atom. The molecule has 8 rings (SSSR count). The van der Waals surface area contributed by atoms with Crippen molar-refractivity contribution in [3.8, 4) is 0 Å². The van der Waals surface area contributed by atoms with Crippen molar-refractivity contribution in [2.24, 2.45) is 0 Å². The molecule has 220 valence electrons. The van der Waals surface area contributed by atoms with E-state index in [-0.39, 0.29) is 5.92 Å². The molecule has 7 aromatic rings. The van der Waals surface area contributed by atoms with Crippen LogP contribution in [0.5, 0.6) is 0 Å². The number of aryl methyl sites for hydroxylation is 2. The van der Waals surface area contributed by atoms with Crippen molar-refractivity contribution < 1.29 is 8.42 Å². The molecule has 3 aromatic heterocycles. The first kappa shape index (κ1) is 27.2. The zero-order valence-corrected chi connectivity index (χ0v) is 26.4. The van der Waals surface area contributed by atoms with Gasteiger partial charge in [-0.05, 0) is 85.2 Å². The molecule has 0 fully saturated rings. The zero-order valence-electron chi connectivity index (χ0n) is 24.7. The molecule has 1 unspecified atom stereocenters. The minimum Gasteiger partial charge on any atom is -0.384 e. The van der Waals surface area contributed by atoms with Crippen molar-refractivity contribution in [3.63, 3.8) is 0 Å². The van der Waals surface area contributed by atoms with Gasteiger partial charge in [-0.2, -0.15) is 0 Å². The number of H-pyrrole nitrogens is 1. The summed E-state index contributed by atoms with van der Waals surface area (Å²) >= 11 is 1.78. The van der Waals surface area contributed by atoms with E-state index in [1.807, 2.05) is 31.3 Å². The number of aromatic amines is 1. The van der Waals surface area contributed by atoms with Gasteiger partial charge in [-0.25, -0.2) is 12.4 Å². The predicted octanol–water partition coefficient (Wildman–Crippen LogP) is 9.12. The lowest BCUT2D eigenvalue weighted by Crippen LogP contribution is -2.12. The van der Waals surface area contributed by atoms with Gasteiger partial charge in [-0.3, -0.25) is 0 Å². The second-order valence-corrected chi connectivity index (χ2v) is 15.0. The van der Waals surface area contributed by atoms with Crippen LogP contribution in [0.15, 0.2) is 102 Å². The summed E-state index contributed by atoms with van der Waals surface area (Å²) in [5.74, 6) is 0.192. The number of rotatable bonds is 5. The molecular formula is C37H33N3O2S2. The van der Waals surface area contributed by atoms with E-state index in [0.717, 1.165) is 47.1 Å². The number of thiophene rings is 1. The van der Waals surface area contributed by atoms with Crippen LogP contribution < -0.4 is 5.32 Å². The first-order valence-corrected chi connectivity index (χ1v) is 17.4. The maximum Gasteiger partial charge on any atom is 0.268 e. The third kappa shape index (κ3) is 4.45. The van der Waals surface area contributed by atoms with Gasteiger partial charge < -0.3 is 10.3 Å². The number of aromatic nitrogens is 2. The van der Waals surface area contributed by atoms with Gasteiger partial charge in [0, 0.05) is 62.8 Å². The van der Waals surface area contributed by atoms with E-state index < -0.39 is 10.0 Å². The second-order valence-electron chi connectivity index (χ2n) is 12.0. The summed E-state index contributed by atoms with van der Waals surface area (Å²) in [7, 11) is -3.82. The first-order valence-electron chi connectivity index (χ1n) is 15.1. The number of nitrogens with one attached hydrogen (secondary N) is 2. The van der Waals surface area contributed by atoms with Crippen LogP contribution in [0.2, 0.25) is 0 Å². The molecule has 0 spiro atoms. The van der Waals surface area contributed by atoms with Crippen molar-refractivity contribution in [2.75, 3.05) is 11.9 Å². The molecule has 1 aliphatic rings. The SMILES string of the molecule is Cc1ccc(S(=O)(=O)n2cc(Cc3cc4cc(C)ccc4s3)c3c4c(ccc32)C(c2c[nH]c3ccccc23)CCCN4)cc1. The number of para-hydroxylation sites is 1. The molecule has 5 nitrogen and oxygen atoms in total. The maximum absolute atomic E-state index is 14.2. The summed E-state index contributed by atoms with van der Waals surface area (Å²) in [5, 5.41) is 7.24. The summed E-state index contributed by atoms with van der Waals surface area (Å²) in [6, 6.07) is 28.6. The van der Waals surface area contributed by atoms with Crippen molar-refractivity contribution in [1.82, 2.24) is 8.96 Å². The molecule has 1 atom stereocenters. The average Bonchev–Trinajstić information content (AvgIpc) is 3.69. The smallest absolute Gasteiger partial charge is 0.268 e. The van der Waals surface area contributed by atoms with Crippen molar-refractivity contribution in [3.05, 3.63) is 130 Å². The van der Waals surface area contributed by atoms with Gasteiger partial charge in [0.2, 0.25) is 0 Å². The van der Waals surface area contributed by atoms with Crippen LogP contribution in [-0.4, -0.2) is 23.9 Å². The standard InChI is InChI=1S/C37H33N3O2S2/c1-23-9-12-28(13-10-23)44(41,42)40-22-26(20-27-19-25-18-24(2)11-16-35(25)43-27)36-34(40)15-14-31-29(7-5-17-38-37(31)36)32-21-39-33-8-4-3-6-30(32)33/h3-4,6,8-16,18-19,21-22,29,38-39H,5,7,17,20H2,1-2H3. The Balaban J connectivity index is 1.35. The number of hydrogen-bond acceptors (Lipinski definition) is 4. The number of fused-ring (bicyclic) bond motifs is 5. The van der Waals surface area contributed by atoms with Gasteiger partial charge in [0.25, 0.3) is 10.0 Å². The Morgan fingerprint density at radius 3 is 2.59 bits per heavy atom. The predicted molar refractivity (Wildman–Crippen MR) is 183 cm³/mol. The molecule has 1 aliphatic heterocycles. The summed E-state index contributed by atoms with van der Waals surface area (Å²) < 4.78 is 31.1. The lowest BCUT2D eigenvalue weighted by molar-refractivity contribution is 0.589. The Labute approximate surface area is 261 Å². The van der Waals surface area contributed by atoms with Gasteiger partial charge in [0.15, 0.2) is 0 Å². The molecule has 7 heteroatoms. The van der Waals surface area contributed by atoms with E-state index in [0.29, 0.717) is 16.8 Å². The summed E-state index contributed by atoms with van der Waals surface area (Å²) in [4.78, 5) is 4.99. The molecule has 0 saturated carbocycles. The Hall–Kier alpha value is -4.33. The highest BCUT2D eigenvalue weighted by Gasteiger charge is 2.29. The fraction of sp³-hybridized carbons (Fsp3) is 0.189. The number of nitrogens with zero attached hydrogens (tertiary/aromatic N) is 1. The lowest BCUT2D eigenvalue weighted by atomic mass is 9.86. The Bertz CT molecular complexity index is 2310. The molecular weight excluding hydrogens is 583 g/mol. The average molecular weight is 616 g/mol. The maximum atomic E-state index is 14.2. The molecule has 0 bridgehead atoms.